The molecule has 1 heterocycles. The third kappa shape index (κ3) is 4.60. The lowest BCUT2D eigenvalue weighted by atomic mass is 10.4. The first-order valence-corrected chi connectivity index (χ1v) is 6.65. The van der Waals surface area contributed by atoms with Crippen LogP contribution in [0.5, 0.6) is 0 Å². The average Bonchev–Trinajstić information content (AvgIpc) is 3.11. The van der Waals surface area contributed by atoms with Gasteiger partial charge in [-0.05, 0) is 46.4 Å². The van der Waals surface area contributed by atoms with Gasteiger partial charge in [0, 0.05) is 5.92 Å². The lowest BCUT2D eigenvalue weighted by molar-refractivity contribution is -0.117. The molecule has 0 bridgehead atoms. The van der Waals surface area contributed by atoms with Crippen LogP contribution >= 0.6 is 0 Å². The Bertz CT molecular complexity index is 416. The Morgan fingerprint density at radius 2 is 2.26 bits per heavy atom. The zero-order chi connectivity index (χ0) is 13.7. The van der Waals surface area contributed by atoms with Gasteiger partial charge in [-0.3, -0.25) is 15.0 Å². The van der Waals surface area contributed by atoms with E-state index in [-0.39, 0.29) is 11.9 Å². The van der Waals surface area contributed by atoms with Gasteiger partial charge >= 0.3 is 6.01 Å². The number of hydrogen-bond donors (Lipinski definition) is 2. The molecule has 2 N–H and O–H groups in total. The standard InChI is InChI=1S/C12H21N5O2/c1-13-6-3-7-17(2)8-10(18)14-12-16-15-11(19-12)9-4-5-9/h9,13H,3-8H2,1-2H3,(H,14,16,18). The molecule has 2 rings (SSSR count). The van der Waals surface area contributed by atoms with Crippen LogP contribution in [0.2, 0.25) is 0 Å². The quantitative estimate of drug-likeness (QED) is 0.664. The van der Waals surface area contributed by atoms with Crippen molar-refractivity contribution in [1.82, 2.24) is 20.4 Å². The number of carbonyl (C=O) groups excluding carboxylic acids is 1. The van der Waals surface area contributed by atoms with E-state index < -0.39 is 0 Å². The summed E-state index contributed by atoms with van der Waals surface area (Å²) < 4.78 is 5.38. The van der Waals surface area contributed by atoms with Crippen molar-refractivity contribution in [3.8, 4) is 0 Å². The van der Waals surface area contributed by atoms with E-state index in [2.05, 4.69) is 20.8 Å². The number of nitrogens with zero attached hydrogens (tertiary/aromatic N) is 3. The molecule has 7 heteroatoms. The highest BCUT2D eigenvalue weighted by Gasteiger charge is 2.29. The van der Waals surface area contributed by atoms with E-state index in [1.54, 1.807) is 0 Å². The minimum atomic E-state index is -0.127. The maximum absolute atomic E-state index is 11.8. The monoisotopic (exact) mass is 267 g/mol. The van der Waals surface area contributed by atoms with E-state index in [0.717, 1.165) is 32.4 Å². The second-order valence-electron chi connectivity index (χ2n) is 4.96. The van der Waals surface area contributed by atoms with E-state index in [0.29, 0.717) is 18.4 Å². The SMILES string of the molecule is CNCCCN(C)CC(=O)Nc1nnc(C2CC2)o1. The number of aromatic nitrogens is 2. The van der Waals surface area contributed by atoms with Gasteiger partial charge in [0.1, 0.15) is 0 Å². The third-order valence-electron chi connectivity index (χ3n) is 2.99. The largest absolute Gasteiger partial charge is 0.408 e. The fourth-order valence-corrected chi connectivity index (χ4v) is 1.79. The summed E-state index contributed by atoms with van der Waals surface area (Å²) in [6, 6.07) is 0.204. The number of nitrogens with one attached hydrogen (secondary N) is 2. The van der Waals surface area contributed by atoms with Crippen LogP contribution in [0.1, 0.15) is 31.1 Å². The zero-order valence-electron chi connectivity index (χ0n) is 11.5. The minimum Gasteiger partial charge on any atom is -0.408 e. The Labute approximate surface area is 112 Å². The van der Waals surface area contributed by atoms with Crippen LogP contribution in [0.3, 0.4) is 0 Å². The first kappa shape index (κ1) is 14.0. The van der Waals surface area contributed by atoms with Crippen molar-refractivity contribution in [2.75, 3.05) is 39.0 Å². The Hall–Kier alpha value is -1.47. The topological polar surface area (TPSA) is 83.3 Å². The van der Waals surface area contributed by atoms with Crippen LogP contribution in [-0.4, -0.2) is 54.7 Å². The van der Waals surface area contributed by atoms with Gasteiger partial charge in [0.15, 0.2) is 0 Å². The van der Waals surface area contributed by atoms with E-state index in [9.17, 15) is 4.79 Å². The summed E-state index contributed by atoms with van der Waals surface area (Å²) in [6.45, 7) is 2.14. The summed E-state index contributed by atoms with van der Waals surface area (Å²) >= 11 is 0. The molecule has 1 aliphatic carbocycles. The smallest absolute Gasteiger partial charge is 0.322 e. The van der Waals surface area contributed by atoms with E-state index >= 15 is 0 Å². The van der Waals surface area contributed by atoms with Crippen molar-refractivity contribution in [1.29, 1.82) is 0 Å². The molecule has 0 unspecified atom stereocenters. The molecule has 106 valence electrons. The molecule has 0 aliphatic heterocycles. The molecule has 1 fully saturated rings. The van der Waals surface area contributed by atoms with Gasteiger partial charge in [-0.15, -0.1) is 5.10 Å². The first-order chi connectivity index (χ1) is 9.19. The molecule has 7 nitrogen and oxygen atoms in total. The molecule has 1 amide bonds. The van der Waals surface area contributed by atoms with Crippen LogP contribution in [0.25, 0.3) is 0 Å². The van der Waals surface area contributed by atoms with Crippen molar-refractivity contribution in [2.24, 2.45) is 0 Å². The van der Waals surface area contributed by atoms with Gasteiger partial charge in [0.25, 0.3) is 0 Å². The van der Waals surface area contributed by atoms with E-state index in [1.165, 1.54) is 0 Å². The number of amides is 1. The number of anilines is 1. The van der Waals surface area contributed by atoms with E-state index in [1.807, 2.05) is 19.0 Å². The molecule has 19 heavy (non-hydrogen) atoms. The van der Waals surface area contributed by atoms with Crippen LogP contribution in [0.15, 0.2) is 4.42 Å². The van der Waals surface area contributed by atoms with Crippen LogP contribution in [0, 0.1) is 0 Å². The number of likely N-dealkylation sites (N-methyl/N-ethyl adjacent to an activating group) is 1. The summed E-state index contributed by atoms with van der Waals surface area (Å²) in [5, 5.41) is 13.4. The van der Waals surface area contributed by atoms with Gasteiger partial charge in [-0.25, -0.2) is 0 Å². The molecule has 1 saturated carbocycles. The molecule has 1 aromatic heterocycles. The number of carbonyl (C=O) groups is 1. The third-order valence-corrected chi connectivity index (χ3v) is 2.99. The number of rotatable bonds is 8. The van der Waals surface area contributed by atoms with Gasteiger partial charge in [0.05, 0.1) is 6.54 Å². The van der Waals surface area contributed by atoms with Crippen molar-refractivity contribution in [2.45, 2.75) is 25.2 Å². The highest BCUT2D eigenvalue weighted by molar-refractivity contribution is 5.90. The predicted octanol–water partition coefficient (Wildman–Crippen LogP) is 0.427. The maximum atomic E-state index is 11.8. The normalized spacial score (nSPS) is 14.9. The summed E-state index contributed by atoms with van der Waals surface area (Å²) in [7, 11) is 3.83. The minimum absolute atomic E-state index is 0.127. The van der Waals surface area contributed by atoms with Crippen LogP contribution in [-0.2, 0) is 4.79 Å². The van der Waals surface area contributed by atoms with Crippen molar-refractivity contribution in [3.05, 3.63) is 5.89 Å². The van der Waals surface area contributed by atoms with Gasteiger partial charge in [-0.2, -0.15) is 0 Å². The number of hydrogen-bond acceptors (Lipinski definition) is 6. The second kappa shape index (κ2) is 6.63. The maximum Gasteiger partial charge on any atom is 0.322 e. The highest BCUT2D eigenvalue weighted by Crippen LogP contribution is 2.39. The Balaban J connectivity index is 1.70. The van der Waals surface area contributed by atoms with Crippen LogP contribution in [0.4, 0.5) is 6.01 Å². The fraction of sp³-hybridized carbons (Fsp3) is 0.750. The first-order valence-electron chi connectivity index (χ1n) is 6.65. The summed E-state index contributed by atoms with van der Waals surface area (Å²) in [5.74, 6) is 0.915. The molecule has 0 aromatic carbocycles. The molecule has 1 aromatic rings. The Kier molecular flexibility index (Phi) is 4.86. The molecular formula is C12H21N5O2. The molecule has 0 radical (unpaired) electrons. The molecule has 1 aliphatic rings. The molecular weight excluding hydrogens is 246 g/mol. The second-order valence-corrected chi connectivity index (χ2v) is 4.96. The highest BCUT2D eigenvalue weighted by atomic mass is 16.4. The summed E-state index contributed by atoms with van der Waals surface area (Å²) in [5.41, 5.74) is 0. The van der Waals surface area contributed by atoms with Crippen LogP contribution < -0.4 is 10.6 Å². The molecule has 0 spiro atoms. The van der Waals surface area contributed by atoms with Crippen molar-refractivity contribution in [3.63, 3.8) is 0 Å². The molecule has 0 atom stereocenters. The zero-order valence-corrected chi connectivity index (χ0v) is 11.5. The van der Waals surface area contributed by atoms with Crippen molar-refractivity contribution >= 4 is 11.9 Å². The fourth-order valence-electron chi connectivity index (χ4n) is 1.79. The Morgan fingerprint density at radius 1 is 1.47 bits per heavy atom. The molecule has 0 saturated heterocycles. The van der Waals surface area contributed by atoms with Gasteiger partial charge in [-0.1, -0.05) is 5.10 Å². The lowest BCUT2D eigenvalue weighted by Gasteiger charge is -2.14. The average molecular weight is 267 g/mol. The predicted molar refractivity (Wildman–Crippen MR) is 70.9 cm³/mol. The Morgan fingerprint density at radius 3 is 2.95 bits per heavy atom. The lowest BCUT2D eigenvalue weighted by Crippen LogP contribution is -2.32. The summed E-state index contributed by atoms with van der Waals surface area (Å²) in [4.78, 5) is 13.7. The van der Waals surface area contributed by atoms with Gasteiger partial charge < -0.3 is 9.73 Å². The van der Waals surface area contributed by atoms with Crippen molar-refractivity contribution < 1.29 is 9.21 Å². The van der Waals surface area contributed by atoms with Gasteiger partial charge in [0.2, 0.25) is 11.8 Å². The summed E-state index contributed by atoms with van der Waals surface area (Å²) in [6.07, 6.45) is 3.21. The van der Waals surface area contributed by atoms with E-state index in [4.69, 9.17) is 4.42 Å².